The highest BCUT2D eigenvalue weighted by Crippen LogP contribution is 2.18. The number of hydrogen-bond acceptors (Lipinski definition) is 4. The molecule has 0 spiro atoms. The van der Waals surface area contributed by atoms with Gasteiger partial charge in [-0.25, -0.2) is 0 Å². The molecule has 0 aliphatic rings. The van der Waals surface area contributed by atoms with E-state index < -0.39 is 0 Å². The molecule has 108 valence electrons. The van der Waals surface area contributed by atoms with Gasteiger partial charge in [-0.2, -0.15) is 0 Å². The van der Waals surface area contributed by atoms with Crippen molar-refractivity contribution in [3.05, 3.63) is 35.9 Å². The molecule has 1 atom stereocenters. The molecule has 1 rings (SSSR count). The molecule has 0 amide bonds. The zero-order valence-electron chi connectivity index (χ0n) is 11.0. The number of ether oxygens (including phenoxy) is 3. The van der Waals surface area contributed by atoms with E-state index >= 15 is 0 Å². The average molecular weight is 333 g/mol. The van der Waals surface area contributed by atoms with Crippen molar-refractivity contribution in [2.45, 2.75) is 6.10 Å². The minimum absolute atomic E-state index is 0.0487. The first kappa shape index (κ1) is 16.6. The van der Waals surface area contributed by atoms with Gasteiger partial charge in [0, 0.05) is 5.33 Å². The number of alkyl halides is 1. The molecule has 0 radical (unpaired) electrons. The molecule has 1 aromatic carbocycles. The fourth-order valence-corrected chi connectivity index (χ4v) is 2.09. The van der Waals surface area contributed by atoms with Crippen LogP contribution in [0.4, 0.5) is 0 Å². The van der Waals surface area contributed by atoms with Crippen molar-refractivity contribution < 1.29 is 19.3 Å². The summed E-state index contributed by atoms with van der Waals surface area (Å²) >= 11 is 3.45. The summed E-state index contributed by atoms with van der Waals surface area (Å²) in [5.74, 6) is 0. The Morgan fingerprint density at radius 2 is 1.58 bits per heavy atom. The SMILES string of the molecule is OCCOCCOCCOC(CBr)c1ccccc1. The Morgan fingerprint density at radius 1 is 0.947 bits per heavy atom. The molecule has 5 heteroatoms. The van der Waals surface area contributed by atoms with Crippen molar-refractivity contribution in [3.8, 4) is 0 Å². The predicted octanol–water partition coefficient (Wildman–Crippen LogP) is 2.16. The van der Waals surface area contributed by atoms with Gasteiger partial charge >= 0.3 is 0 Å². The monoisotopic (exact) mass is 332 g/mol. The van der Waals surface area contributed by atoms with Crippen LogP contribution >= 0.6 is 15.9 Å². The van der Waals surface area contributed by atoms with Gasteiger partial charge in [0.05, 0.1) is 45.7 Å². The van der Waals surface area contributed by atoms with Crippen molar-refractivity contribution in [2.75, 3.05) is 45.0 Å². The first-order chi connectivity index (χ1) is 9.38. The van der Waals surface area contributed by atoms with Crippen molar-refractivity contribution in [1.29, 1.82) is 0 Å². The fraction of sp³-hybridized carbons (Fsp3) is 0.571. The molecule has 1 aromatic rings. The highest BCUT2D eigenvalue weighted by atomic mass is 79.9. The molecule has 1 unspecified atom stereocenters. The van der Waals surface area contributed by atoms with E-state index in [4.69, 9.17) is 19.3 Å². The maximum atomic E-state index is 8.51. The van der Waals surface area contributed by atoms with E-state index in [2.05, 4.69) is 28.1 Å². The number of halogens is 1. The molecule has 0 aliphatic heterocycles. The minimum Gasteiger partial charge on any atom is -0.394 e. The van der Waals surface area contributed by atoms with Crippen molar-refractivity contribution in [2.24, 2.45) is 0 Å². The molecule has 0 aliphatic carbocycles. The van der Waals surface area contributed by atoms with Crippen LogP contribution < -0.4 is 0 Å². The normalized spacial score (nSPS) is 12.5. The van der Waals surface area contributed by atoms with Crippen molar-refractivity contribution in [1.82, 2.24) is 0 Å². The number of benzene rings is 1. The lowest BCUT2D eigenvalue weighted by Crippen LogP contribution is -2.13. The Hall–Kier alpha value is -0.460. The standard InChI is InChI=1S/C14H21BrO4/c15-12-14(13-4-2-1-3-5-13)19-11-10-18-9-8-17-7-6-16/h1-5,14,16H,6-12H2. The van der Waals surface area contributed by atoms with Crippen LogP contribution in [-0.4, -0.2) is 50.1 Å². The van der Waals surface area contributed by atoms with Crippen LogP contribution in [0.3, 0.4) is 0 Å². The first-order valence-corrected chi connectivity index (χ1v) is 7.49. The highest BCUT2D eigenvalue weighted by Gasteiger charge is 2.09. The highest BCUT2D eigenvalue weighted by molar-refractivity contribution is 9.09. The molecule has 0 bridgehead atoms. The predicted molar refractivity (Wildman–Crippen MR) is 77.7 cm³/mol. The van der Waals surface area contributed by atoms with Crippen LogP contribution in [0.2, 0.25) is 0 Å². The van der Waals surface area contributed by atoms with E-state index in [0.29, 0.717) is 33.0 Å². The molecular formula is C14H21BrO4. The molecule has 19 heavy (non-hydrogen) atoms. The number of rotatable bonds is 11. The molecule has 1 N–H and O–H groups in total. The summed E-state index contributed by atoms with van der Waals surface area (Å²) in [5.41, 5.74) is 1.16. The van der Waals surface area contributed by atoms with Gasteiger partial charge in [-0.15, -0.1) is 0 Å². The lowest BCUT2D eigenvalue weighted by molar-refractivity contribution is -0.00903. The Balaban J connectivity index is 2.07. The van der Waals surface area contributed by atoms with Gasteiger partial charge in [-0.3, -0.25) is 0 Å². The molecule has 4 nitrogen and oxygen atoms in total. The van der Waals surface area contributed by atoms with Crippen LogP contribution in [-0.2, 0) is 14.2 Å². The van der Waals surface area contributed by atoms with E-state index in [1.807, 2.05) is 18.2 Å². The molecular weight excluding hydrogens is 312 g/mol. The average Bonchev–Trinajstić information content (AvgIpc) is 2.47. The molecule has 0 aromatic heterocycles. The minimum atomic E-state index is 0.0487. The second-order valence-corrected chi connectivity index (χ2v) is 4.52. The third kappa shape index (κ3) is 7.64. The van der Waals surface area contributed by atoms with Crippen LogP contribution in [0.25, 0.3) is 0 Å². The van der Waals surface area contributed by atoms with E-state index in [1.165, 1.54) is 0 Å². The van der Waals surface area contributed by atoms with Crippen molar-refractivity contribution in [3.63, 3.8) is 0 Å². The topological polar surface area (TPSA) is 47.9 Å². The van der Waals surface area contributed by atoms with Gasteiger partial charge in [0.1, 0.15) is 0 Å². The summed E-state index contributed by atoms with van der Waals surface area (Å²) in [6, 6.07) is 10.1. The van der Waals surface area contributed by atoms with Gasteiger partial charge in [-0.05, 0) is 5.56 Å². The largest absolute Gasteiger partial charge is 0.394 e. The molecule has 0 fully saturated rings. The summed E-state index contributed by atoms with van der Waals surface area (Å²) in [6.07, 6.45) is 0.0513. The lowest BCUT2D eigenvalue weighted by Gasteiger charge is -2.15. The Morgan fingerprint density at radius 3 is 2.21 bits per heavy atom. The maximum Gasteiger partial charge on any atom is 0.0922 e. The van der Waals surface area contributed by atoms with Crippen LogP contribution in [0.15, 0.2) is 30.3 Å². The Kier molecular flexibility index (Phi) is 9.93. The van der Waals surface area contributed by atoms with Crippen LogP contribution in [0.5, 0.6) is 0 Å². The van der Waals surface area contributed by atoms with Crippen LogP contribution in [0, 0.1) is 0 Å². The maximum absolute atomic E-state index is 8.51. The van der Waals surface area contributed by atoms with Gasteiger partial charge in [0.15, 0.2) is 0 Å². The quantitative estimate of drug-likeness (QED) is 0.498. The Bertz CT molecular complexity index is 308. The van der Waals surface area contributed by atoms with Gasteiger partial charge in [0.2, 0.25) is 0 Å². The second-order valence-electron chi connectivity index (χ2n) is 3.87. The summed E-state index contributed by atoms with van der Waals surface area (Å²) in [4.78, 5) is 0. The first-order valence-electron chi connectivity index (χ1n) is 6.37. The van der Waals surface area contributed by atoms with Crippen molar-refractivity contribution >= 4 is 15.9 Å². The summed E-state index contributed by atoms with van der Waals surface area (Å²) in [6.45, 7) is 2.52. The van der Waals surface area contributed by atoms with E-state index in [1.54, 1.807) is 0 Å². The Labute approximate surface area is 122 Å². The van der Waals surface area contributed by atoms with Crippen LogP contribution in [0.1, 0.15) is 11.7 Å². The third-order valence-electron chi connectivity index (χ3n) is 2.47. The van der Waals surface area contributed by atoms with E-state index in [9.17, 15) is 0 Å². The number of aliphatic hydroxyl groups excluding tert-OH is 1. The lowest BCUT2D eigenvalue weighted by atomic mass is 10.1. The summed E-state index contributed by atoms with van der Waals surface area (Å²) < 4.78 is 16.2. The number of hydrogen-bond donors (Lipinski definition) is 1. The third-order valence-corrected chi connectivity index (χ3v) is 3.05. The number of aliphatic hydroxyl groups is 1. The molecule has 0 saturated heterocycles. The molecule has 0 saturated carbocycles. The fourth-order valence-electron chi connectivity index (χ4n) is 1.53. The smallest absolute Gasteiger partial charge is 0.0922 e. The molecule has 0 heterocycles. The zero-order valence-corrected chi connectivity index (χ0v) is 12.5. The summed E-state index contributed by atoms with van der Waals surface area (Å²) in [5, 5.41) is 9.27. The van der Waals surface area contributed by atoms with E-state index in [-0.39, 0.29) is 12.7 Å². The second kappa shape index (κ2) is 11.4. The summed E-state index contributed by atoms with van der Waals surface area (Å²) in [7, 11) is 0. The van der Waals surface area contributed by atoms with Gasteiger partial charge in [0.25, 0.3) is 0 Å². The van der Waals surface area contributed by atoms with Gasteiger partial charge in [-0.1, -0.05) is 46.3 Å². The zero-order chi connectivity index (χ0) is 13.8. The van der Waals surface area contributed by atoms with E-state index in [0.717, 1.165) is 10.9 Å². The van der Waals surface area contributed by atoms with Gasteiger partial charge < -0.3 is 19.3 Å².